The first-order valence-corrected chi connectivity index (χ1v) is 12.2. The van der Waals surface area contributed by atoms with Gasteiger partial charge < -0.3 is 9.47 Å². The second kappa shape index (κ2) is 11.0. The van der Waals surface area contributed by atoms with Gasteiger partial charge in [0, 0.05) is 5.56 Å². The van der Waals surface area contributed by atoms with Crippen LogP contribution in [-0.2, 0) is 17.9 Å². The molecule has 0 radical (unpaired) electrons. The Bertz CT molecular complexity index is 1230. The largest absolute Gasteiger partial charge is 0.490 e. The average Bonchev–Trinajstić information content (AvgIpc) is 3.08. The Kier molecular flexibility index (Phi) is 7.88. The molecule has 0 spiro atoms. The molecule has 1 heterocycles. The highest BCUT2D eigenvalue weighted by molar-refractivity contribution is 8.26. The summed E-state index contributed by atoms with van der Waals surface area (Å²) in [5.41, 5.74) is 2.05. The number of thioether (sulfide) groups is 1. The summed E-state index contributed by atoms with van der Waals surface area (Å²) in [6.45, 7) is 2.67. The molecule has 1 amide bonds. The van der Waals surface area contributed by atoms with Gasteiger partial charge in [-0.2, -0.15) is 0 Å². The predicted octanol–water partition coefficient (Wildman–Crippen LogP) is 6.86. The highest BCUT2D eigenvalue weighted by Gasteiger charge is 2.32. The summed E-state index contributed by atoms with van der Waals surface area (Å²) < 4.78 is 26.1. The van der Waals surface area contributed by atoms with Crippen molar-refractivity contribution in [2.24, 2.45) is 0 Å². The van der Waals surface area contributed by atoms with Crippen molar-refractivity contribution in [3.05, 3.63) is 99.2 Å². The van der Waals surface area contributed by atoms with Crippen LogP contribution in [0.1, 0.15) is 23.6 Å². The topological polar surface area (TPSA) is 38.8 Å². The number of carbonyl (C=O) groups is 1. The van der Waals surface area contributed by atoms with Gasteiger partial charge in [-0.3, -0.25) is 9.69 Å². The Balaban J connectivity index is 1.52. The zero-order chi connectivity index (χ0) is 24.1. The maximum Gasteiger partial charge on any atom is 0.266 e. The van der Waals surface area contributed by atoms with Crippen LogP contribution in [0.4, 0.5) is 4.39 Å². The molecule has 1 aliphatic rings. The van der Waals surface area contributed by atoms with E-state index >= 15 is 0 Å². The van der Waals surface area contributed by atoms with Gasteiger partial charge in [0.1, 0.15) is 16.7 Å². The summed E-state index contributed by atoms with van der Waals surface area (Å²) in [5, 5.41) is 0.298. The van der Waals surface area contributed by atoms with E-state index < -0.39 is 5.82 Å². The lowest BCUT2D eigenvalue weighted by molar-refractivity contribution is -0.122. The lowest BCUT2D eigenvalue weighted by atomic mass is 10.1. The number of ether oxygens (including phenoxy) is 2. The number of rotatable bonds is 8. The number of amides is 1. The van der Waals surface area contributed by atoms with Gasteiger partial charge in [-0.15, -0.1) is 0 Å². The zero-order valence-corrected chi connectivity index (χ0v) is 20.7. The second-order valence-corrected chi connectivity index (χ2v) is 9.46. The van der Waals surface area contributed by atoms with Crippen LogP contribution in [0.25, 0.3) is 6.08 Å². The molecular formula is C26H21ClFNO3S2. The summed E-state index contributed by atoms with van der Waals surface area (Å²) in [5.74, 6) is 0.379. The van der Waals surface area contributed by atoms with Crippen molar-refractivity contribution in [3.63, 3.8) is 0 Å². The Labute approximate surface area is 212 Å². The maximum atomic E-state index is 14.1. The van der Waals surface area contributed by atoms with Crippen molar-refractivity contribution in [2.45, 2.75) is 20.1 Å². The Morgan fingerprint density at radius 3 is 2.59 bits per heavy atom. The van der Waals surface area contributed by atoms with E-state index in [9.17, 15) is 9.18 Å². The van der Waals surface area contributed by atoms with Crippen LogP contribution < -0.4 is 9.47 Å². The lowest BCUT2D eigenvalue weighted by Gasteiger charge is -2.14. The van der Waals surface area contributed by atoms with E-state index in [0.717, 1.165) is 11.1 Å². The molecule has 1 saturated heterocycles. The van der Waals surface area contributed by atoms with E-state index in [4.69, 9.17) is 33.3 Å². The van der Waals surface area contributed by atoms with Gasteiger partial charge >= 0.3 is 0 Å². The molecular weight excluding hydrogens is 493 g/mol. The van der Waals surface area contributed by atoms with E-state index in [1.54, 1.807) is 35.2 Å². The van der Waals surface area contributed by atoms with Crippen molar-refractivity contribution in [3.8, 4) is 11.5 Å². The number of carbonyl (C=O) groups excluding carboxylic acids is 1. The number of nitrogens with zero attached hydrogens (tertiary/aromatic N) is 1. The fraction of sp³-hybridized carbons (Fsp3) is 0.154. The third-order valence-corrected chi connectivity index (χ3v) is 6.79. The SMILES string of the molecule is CCOc1cc(C=C2SC(=S)N(Cc3ccccc3)C2=O)ccc1OCc1c(F)cccc1Cl. The first-order valence-electron chi connectivity index (χ1n) is 10.6. The number of hydrogen-bond donors (Lipinski definition) is 0. The molecule has 174 valence electrons. The summed E-state index contributed by atoms with van der Waals surface area (Å²) in [4.78, 5) is 15.1. The van der Waals surface area contributed by atoms with E-state index in [2.05, 4.69) is 0 Å². The molecule has 0 bridgehead atoms. The Hall–Kier alpha value is -2.87. The monoisotopic (exact) mass is 513 g/mol. The highest BCUT2D eigenvalue weighted by Crippen LogP contribution is 2.36. The normalized spacial score (nSPS) is 14.7. The summed E-state index contributed by atoms with van der Waals surface area (Å²) in [6, 6.07) is 19.5. The van der Waals surface area contributed by atoms with Crippen LogP contribution in [0.3, 0.4) is 0 Å². The van der Waals surface area contributed by atoms with Crippen molar-refractivity contribution in [1.29, 1.82) is 0 Å². The molecule has 4 nitrogen and oxygen atoms in total. The first kappa shape index (κ1) is 24.3. The zero-order valence-electron chi connectivity index (χ0n) is 18.3. The van der Waals surface area contributed by atoms with Gasteiger partial charge in [0.15, 0.2) is 11.5 Å². The van der Waals surface area contributed by atoms with E-state index in [0.29, 0.717) is 38.9 Å². The second-order valence-electron chi connectivity index (χ2n) is 7.38. The lowest BCUT2D eigenvalue weighted by Crippen LogP contribution is -2.27. The molecule has 0 atom stereocenters. The highest BCUT2D eigenvalue weighted by atomic mass is 35.5. The van der Waals surface area contributed by atoms with Gasteiger partial charge in [0.05, 0.1) is 23.1 Å². The van der Waals surface area contributed by atoms with Crippen LogP contribution in [0.5, 0.6) is 11.5 Å². The van der Waals surface area contributed by atoms with Gasteiger partial charge in [-0.1, -0.05) is 78.0 Å². The van der Waals surface area contributed by atoms with Gasteiger partial charge in [0.2, 0.25) is 0 Å². The predicted molar refractivity (Wildman–Crippen MR) is 139 cm³/mol. The molecule has 0 aromatic heterocycles. The number of halogens is 2. The fourth-order valence-corrected chi connectivity index (χ4v) is 4.85. The number of thiocarbonyl (C=S) groups is 1. The molecule has 0 aliphatic carbocycles. The van der Waals surface area contributed by atoms with Gasteiger partial charge in [-0.25, -0.2) is 4.39 Å². The number of hydrogen-bond acceptors (Lipinski definition) is 5. The van der Waals surface area contributed by atoms with Gasteiger partial charge in [0.25, 0.3) is 5.91 Å². The summed E-state index contributed by atoms with van der Waals surface area (Å²) in [7, 11) is 0. The standard InChI is InChI=1S/C26H21ClFNO3S2/c1-2-31-23-13-18(11-12-22(23)32-16-19-20(27)9-6-10-21(19)28)14-24-25(30)29(26(33)34-24)15-17-7-4-3-5-8-17/h3-14H,2,15-16H2,1H3. The first-order chi connectivity index (χ1) is 16.5. The van der Waals surface area contributed by atoms with Crippen LogP contribution in [0.2, 0.25) is 5.02 Å². The Morgan fingerprint density at radius 2 is 1.85 bits per heavy atom. The minimum Gasteiger partial charge on any atom is -0.490 e. The minimum atomic E-state index is -0.431. The quantitative estimate of drug-likeness (QED) is 0.243. The third-order valence-electron chi connectivity index (χ3n) is 5.06. The third kappa shape index (κ3) is 5.60. The molecule has 4 rings (SSSR count). The Morgan fingerprint density at radius 1 is 1.06 bits per heavy atom. The van der Waals surface area contributed by atoms with Crippen LogP contribution >= 0.6 is 35.6 Å². The minimum absolute atomic E-state index is 0.0386. The molecule has 8 heteroatoms. The van der Waals surface area contributed by atoms with Crippen molar-refractivity contribution in [1.82, 2.24) is 4.90 Å². The average molecular weight is 514 g/mol. The van der Waals surface area contributed by atoms with E-state index in [1.165, 1.54) is 17.8 Å². The van der Waals surface area contributed by atoms with Crippen molar-refractivity contribution >= 4 is 51.9 Å². The summed E-state index contributed by atoms with van der Waals surface area (Å²) >= 11 is 12.8. The molecule has 1 fully saturated rings. The molecule has 3 aromatic carbocycles. The fourth-order valence-electron chi connectivity index (χ4n) is 3.38. The van der Waals surface area contributed by atoms with E-state index in [-0.39, 0.29) is 18.1 Å². The molecule has 3 aromatic rings. The maximum absolute atomic E-state index is 14.1. The summed E-state index contributed by atoms with van der Waals surface area (Å²) in [6.07, 6.45) is 1.78. The van der Waals surface area contributed by atoms with Crippen LogP contribution in [0.15, 0.2) is 71.6 Å². The molecule has 0 saturated carbocycles. The smallest absolute Gasteiger partial charge is 0.266 e. The van der Waals surface area contributed by atoms with Crippen LogP contribution in [-0.4, -0.2) is 21.7 Å². The van der Waals surface area contributed by atoms with Crippen molar-refractivity contribution in [2.75, 3.05) is 6.61 Å². The molecule has 34 heavy (non-hydrogen) atoms. The number of benzene rings is 3. The van der Waals surface area contributed by atoms with Crippen LogP contribution in [0, 0.1) is 5.82 Å². The van der Waals surface area contributed by atoms with Crippen molar-refractivity contribution < 1.29 is 18.7 Å². The molecule has 0 unspecified atom stereocenters. The van der Waals surface area contributed by atoms with Gasteiger partial charge in [-0.05, 0) is 48.4 Å². The molecule has 0 N–H and O–H groups in total. The van der Waals surface area contributed by atoms with E-state index in [1.807, 2.05) is 43.3 Å². The molecule has 1 aliphatic heterocycles.